The molecule has 80 valence electrons. The molecule has 1 heterocycles. The van der Waals surface area contributed by atoms with E-state index in [9.17, 15) is 5.11 Å². The lowest BCUT2D eigenvalue weighted by atomic mass is 10.2. The van der Waals surface area contributed by atoms with E-state index in [0.29, 0.717) is 6.04 Å². The van der Waals surface area contributed by atoms with Gasteiger partial charge in [-0.05, 0) is 20.8 Å². The largest absolute Gasteiger partial charge is 0.386 e. The summed E-state index contributed by atoms with van der Waals surface area (Å²) in [6, 6.07) is 0.350. The molecule has 0 amide bonds. The third kappa shape index (κ3) is 2.67. The van der Waals surface area contributed by atoms with E-state index < -0.39 is 6.10 Å². The Morgan fingerprint density at radius 3 is 2.71 bits per heavy atom. The number of rotatable bonds is 4. The molecule has 0 aromatic carbocycles. The molecular weight excluding hydrogens is 198 g/mol. The molecule has 4 nitrogen and oxygen atoms in total. The van der Waals surface area contributed by atoms with Crippen LogP contribution >= 0.6 is 11.3 Å². The quantitative estimate of drug-likeness (QED) is 0.707. The molecule has 0 spiro atoms. The lowest BCUT2D eigenvalue weighted by Crippen LogP contribution is -2.11. The zero-order valence-electron chi connectivity index (χ0n) is 8.74. The minimum absolute atomic E-state index is 0.240. The molecule has 4 N–H and O–H groups in total. The van der Waals surface area contributed by atoms with Crippen molar-refractivity contribution >= 4 is 16.5 Å². The number of anilines is 1. The first-order chi connectivity index (χ1) is 6.54. The summed E-state index contributed by atoms with van der Waals surface area (Å²) >= 11 is 1.47. The van der Waals surface area contributed by atoms with E-state index in [1.807, 2.05) is 6.92 Å². The highest BCUT2D eigenvalue weighted by molar-refractivity contribution is 7.15. The molecule has 0 bridgehead atoms. The normalized spacial score (nSPS) is 13.3. The molecule has 1 unspecified atom stereocenters. The molecule has 1 rings (SSSR count). The van der Waals surface area contributed by atoms with Gasteiger partial charge in [-0.2, -0.15) is 0 Å². The molecular formula is C9H17N3OS. The fourth-order valence-corrected chi connectivity index (χ4v) is 2.24. The Bertz CT molecular complexity index is 298. The van der Waals surface area contributed by atoms with Crippen molar-refractivity contribution in [2.75, 3.05) is 11.9 Å². The molecule has 0 saturated heterocycles. The summed E-state index contributed by atoms with van der Waals surface area (Å²) in [6.45, 7) is 6.23. The number of aliphatic hydroxyl groups excluding tert-OH is 1. The Kier molecular flexibility index (Phi) is 3.86. The second-order valence-corrected chi connectivity index (χ2v) is 4.55. The van der Waals surface area contributed by atoms with Crippen molar-refractivity contribution in [3.63, 3.8) is 0 Å². The van der Waals surface area contributed by atoms with Crippen LogP contribution in [0.4, 0.5) is 5.13 Å². The number of thiazole rings is 1. The molecule has 0 aliphatic rings. The topological polar surface area (TPSA) is 71.2 Å². The van der Waals surface area contributed by atoms with Crippen LogP contribution in [-0.2, 0) is 0 Å². The van der Waals surface area contributed by atoms with Crippen molar-refractivity contribution in [1.29, 1.82) is 0 Å². The van der Waals surface area contributed by atoms with Crippen LogP contribution in [0.25, 0.3) is 0 Å². The second kappa shape index (κ2) is 4.72. The number of hydrogen-bond donors (Lipinski definition) is 3. The lowest BCUT2D eigenvalue weighted by molar-refractivity contribution is 0.189. The average molecular weight is 215 g/mol. The smallest absolute Gasteiger partial charge is 0.183 e. The summed E-state index contributed by atoms with van der Waals surface area (Å²) in [6.07, 6.45) is -0.588. The maximum Gasteiger partial charge on any atom is 0.183 e. The first-order valence-corrected chi connectivity index (χ1v) is 5.48. The number of nitrogens with two attached hydrogens (primary N) is 1. The molecule has 1 aromatic rings. The van der Waals surface area contributed by atoms with Gasteiger partial charge in [-0.3, -0.25) is 0 Å². The minimum atomic E-state index is -0.588. The van der Waals surface area contributed by atoms with Crippen LogP contribution in [0.3, 0.4) is 0 Å². The van der Waals surface area contributed by atoms with Crippen molar-refractivity contribution in [2.24, 2.45) is 5.73 Å². The SMILES string of the molecule is Cc1nc(NC(C)C)sc1C(O)CN. The maximum absolute atomic E-state index is 9.58. The van der Waals surface area contributed by atoms with Gasteiger partial charge in [0.2, 0.25) is 0 Å². The standard InChI is InChI=1S/C9H17N3OS/c1-5(2)11-9-12-6(3)8(14-9)7(13)4-10/h5,7,13H,4,10H2,1-3H3,(H,11,12). The highest BCUT2D eigenvalue weighted by Crippen LogP contribution is 2.28. The molecule has 1 aromatic heterocycles. The zero-order valence-corrected chi connectivity index (χ0v) is 9.56. The average Bonchev–Trinajstić information content (AvgIpc) is 2.44. The van der Waals surface area contributed by atoms with Crippen LogP contribution in [0, 0.1) is 6.92 Å². The molecule has 0 radical (unpaired) electrons. The van der Waals surface area contributed by atoms with E-state index in [1.54, 1.807) is 0 Å². The van der Waals surface area contributed by atoms with Gasteiger partial charge in [0.05, 0.1) is 10.6 Å². The lowest BCUT2D eigenvalue weighted by Gasteiger charge is -2.05. The molecule has 14 heavy (non-hydrogen) atoms. The van der Waals surface area contributed by atoms with Gasteiger partial charge in [0, 0.05) is 12.6 Å². The van der Waals surface area contributed by atoms with Gasteiger partial charge < -0.3 is 16.2 Å². The minimum Gasteiger partial charge on any atom is -0.386 e. The fraction of sp³-hybridized carbons (Fsp3) is 0.667. The molecule has 0 aliphatic carbocycles. The van der Waals surface area contributed by atoms with E-state index >= 15 is 0 Å². The number of hydrogen-bond acceptors (Lipinski definition) is 5. The number of aromatic nitrogens is 1. The molecule has 1 atom stereocenters. The van der Waals surface area contributed by atoms with Crippen molar-refractivity contribution in [3.8, 4) is 0 Å². The summed E-state index contributed by atoms with van der Waals surface area (Å²) in [5.41, 5.74) is 6.25. The summed E-state index contributed by atoms with van der Waals surface area (Å²) in [4.78, 5) is 5.17. The predicted molar refractivity (Wildman–Crippen MR) is 59.6 cm³/mol. The van der Waals surface area contributed by atoms with Gasteiger partial charge in [0.15, 0.2) is 5.13 Å². The number of aliphatic hydroxyl groups is 1. The Balaban J connectivity index is 2.82. The summed E-state index contributed by atoms with van der Waals surface area (Å²) in [7, 11) is 0. The van der Waals surface area contributed by atoms with Crippen LogP contribution < -0.4 is 11.1 Å². The van der Waals surface area contributed by atoms with Gasteiger partial charge >= 0.3 is 0 Å². The van der Waals surface area contributed by atoms with Crippen molar-refractivity contribution in [3.05, 3.63) is 10.6 Å². The third-order valence-electron chi connectivity index (χ3n) is 1.77. The number of nitrogens with zero attached hydrogens (tertiary/aromatic N) is 1. The van der Waals surface area contributed by atoms with Crippen LogP contribution in [0.2, 0.25) is 0 Å². The van der Waals surface area contributed by atoms with Gasteiger partial charge in [0.25, 0.3) is 0 Å². The van der Waals surface area contributed by atoms with Crippen molar-refractivity contribution < 1.29 is 5.11 Å². The zero-order chi connectivity index (χ0) is 10.7. The number of aryl methyl sites for hydroxylation is 1. The Morgan fingerprint density at radius 2 is 2.21 bits per heavy atom. The van der Waals surface area contributed by atoms with Gasteiger partial charge in [-0.25, -0.2) is 4.98 Å². The first-order valence-electron chi connectivity index (χ1n) is 4.66. The van der Waals surface area contributed by atoms with Crippen molar-refractivity contribution in [1.82, 2.24) is 4.98 Å². The monoisotopic (exact) mass is 215 g/mol. The Morgan fingerprint density at radius 1 is 1.57 bits per heavy atom. The number of nitrogens with one attached hydrogen (secondary N) is 1. The first kappa shape index (κ1) is 11.4. The molecule has 0 saturated carbocycles. The van der Waals surface area contributed by atoms with Crippen LogP contribution in [0.5, 0.6) is 0 Å². The molecule has 0 aliphatic heterocycles. The van der Waals surface area contributed by atoms with E-state index in [0.717, 1.165) is 15.7 Å². The summed E-state index contributed by atoms with van der Waals surface area (Å²) in [5.74, 6) is 0. The van der Waals surface area contributed by atoms with E-state index in [2.05, 4.69) is 24.1 Å². The fourth-order valence-electron chi connectivity index (χ4n) is 1.13. The second-order valence-electron chi connectivity index (χ2n) is 3.52. The third-order valence-corrected chi connectivity index (χ3v) is 2.96. The Hall–Kier alpha value is -0.650. The van der Waals surface area contributed by atoms with E-state index in [-0.39, 0.29) is 6.54 Å². The summed E-state index contributed by atoms with van der Waals surface area (Å²) in [5, 5.41) is 13.6. The van der Waals surface area contributed by atoms with Gasteiger partial charge in [0.1, 0.15) is 6.10 Å². The predicted octanol–water partition coefficient (Wildman–Crippen LogP) is 1.26. The van der Waals surface area contributed by atoms with Crippen LogP contribution in [0.15, 0.2) is 0 Å². The Labute approximate surface area is 88.2 Å². The van der Waals surface area contributed by atoms with Crippen molar-refractivity contribution in [2.45, 2.75) is 32.9 Å². The summed E-state index contributed by atoms with van der Waals surface area (Å²) < 4.78 is 0. The maximum atomic E-state index is 9.58. The van der Waals surface area contributed by atoms with E-state index in [1.165, 1.54) is 11.3 Å². The van der Waals surface area contributed by atoms with Gasteiger partial charge in [-0.1, -0.05) is 11.3 Å². The highest BCUT2D eigenvalue weighted by Gasteiger charge is 2.14. The highest BCUT2D eigenvalue weighted by atomic mass is 32.1. The van der Waals surface area contributed by atoms with Crippen LogP contribution in [-0.4, -0.2) is 22.7 Å². The van der Waals surface area contributed by atoms with Crippen LogP contribution in [0.1, 0.15) is 30.5 Å². The molecule has 5 heteroatoms. The molecule has 0 fully saturated rings. The van der Waals surface area contributed by atoms with E-state index in [4.69, 9.17) is 5.73 Å². The van der Waals surface area contributed by atoms with Gasteiger partial charge in [-0.15, -0.1) is 0 Å².